The summed E-state index contributed by atoms with van der Waals surface area (Å²) in [7, 11) is 0. The van der Waals surface area contributed by atoms with Gasteiger partial charge in [-0.1, -0.05) is 42.4 Å². The molecule has 28 heavy (non-hydrogen) atoms. The molecule has 150 valence electrons. The molecule has 1 fully saturated rings. The number of likely N-dealkylation sites (tertiary alicyclic amines) is 1. The first-order valence-electron chi connectivity index (χ1n) is 9.31. The molecule has 2 aromatic rings. The summed E-state index contributed by atoms with van der Waals surface area (Å²) in [6.07, 6.45) is -0.132. The van der Waals surface area contributed by atoms with Gasteiger partial charge in [-0.15, -0.1) is 0 Å². The topological polar surface area (TPSA) is 118 Å². The number of aryl methyl sites for hydroxylation is 1. The summed E-state index contributed by atoms with van der Waals surface area (Å²) < 4.78 is 10.3. The number of aliphatic hydroxyl groups excluding tert-OH is 1. The van der Waals surface area contributed by atoms with Crippen molar-refractivity contribution < 1.29 is 24.0 Å². The number of nitrogens with one attached hydrogen (secondary N) is 1. The first kappa shape index (κ1) is 19.8. The zero-order valence-corrected chi connectivity index (χ0v) is 15.7. The normalized spacial score (nSPS) is 18.9. The van der Waals surface area contributed by atoms with Gasteiger partial charge >= 0.3 is 6.09 Å². The van der Waals surface area contributed by atoms with E-state index in [1.807, 2.05) is 37.3 Å². The minimum absolute atomic E-state index is 0.0659. The zero-order chi connectivity index (χ0) is 19.9. The maximum atomic E-state index is 12.5. The smallest absolute Gasteiger partial charge is 0.410 e. The van der Waals surface area contributed by atoms with Crippen molar-refractivity contribution in [3.8, 4) is 0 Å². The number of aliphatic hydroxyl groups is 1. The minimum atomic E-state index is -0.769. The molecule has 0 radical (unpaired) electrons. The van der Waals surface area contributed by atoms with Crippen molar-refractivity contribution in [2.45, 2.75) is 44.9 Å². The molecule has 0 unspecified atom stereocenters. The van der Waals surface area contributed by atoms with Crippen LogP contribution in [0.15, 0.2) is 34.9 Å². The molecule has 1 aliphatic rings. The van der Waals surface area contributed by atoms with E-state index in [1.54, 1.807) is 0 Å². The van der Waals surface area contributed by atoms with E-state index in [0.29, 0.717) is 31.1 Å². The maximum absolute atomic E-state index is 12.5. The summed E-state index contributed by atoms with van der Waals surface area (Å²) in [5, 5.41) is 16.5. The summed E-state index contributed by atoms with van der Waals surface area (Å²) in [4.78, 5) is 30.3. The molecule has 0 aliphatic carbocycles. The number of carbonyl (C=O) groups is 2. The highest BCUT2D eigenvalue weighted by atomic mass is 16.6. The van der Waals surface area contributed by atoms with Crippen molar-refractivity contribution in [2.24, 2.45) is 0 Å². The minimum Gasteiger partial charge on any atom is -0.445 e. The Kier molecular flexibility index (Phi) is 6.59. The van der Waals surface area contributed by atoms with Gasteiger partial charge in [0.2, 0.25) is 11.8 Å². The number of rotatable bonds is 7. The monoisotopic (exact) mass is 388 g/mol. The largest absolute Gasteiger partial charge is 0.445 e. The molecule has 0 saturated carbocycles. The van der Waals surface area contributed by atoms with Gasteiger partial charge in [0.1, 0.15) is 12.6 Å². The predicted molar refractivity (Wildman–Crippen MR) is 98.1 cm³/mol. The fourth-order valence-corrected chi connectivity index (χ4v) is 3.02. The van der Waals surface area contributed by atoms with Crippen LogP contribution in [0.3, 0.4) is 0 Å². The second-order valence-corrected chi connectivity index (χ2v) is 6.60. The SMILES string of the molecule is CCc1nc(CCNC(=O)[C@@H]2C[C@@H](O)CN2C(=O)OCc2ccccc2)no1. The van der Waals surface area contributed by atoms with Gasteiger partial charge in [-0.3, -0.25) is 9.69 Å². The van der Waals surface area contributed by atoms with Crippen LogP contribution in [-0.4, -0.2) is 57.4 Å². The molecule has 9 nitrogen and oxygen atoms in total. The molecular formula is C19H24N4O5. The number of benzene rings is 1. The zero-order valence-electron chi connectivity index (χ0n) is 15.7. The number of nitrogens with zero attached hydrogens (tertiary/aromatic N) is 3. The summed E-state index contributed by atoms with van der Waals surface area (Å²) in [6.45, 7) is 2.39. The quantitative estimate of drug-likeness (QED) is 0.728. The predicted octanol–water partition coefficient (Wildman–Crippen LogP) is 1.06. The average molecular weight is 388 g/mol. The first-order valence-corrected chi connectivity index (χ1v) is 9.31. The molecular weight excluding hydrogens is 364 g/mol. The van der Waals surface area contributed by atoms with Crippen molar-refractivity contribution >= 4 is 12.0 Å². The Bertz CT molecular complexity index is 795. The van der Waals surface area contributed by atoms with Gasteiger partial charge in [-0.2, -0.15) is 4.98 Å². The Morgan fingerprint density at radius 2 is 2.14 bits per heavy atom. The Morgan fingerprint density at radius 1 is 1.36 bits per heavy atom. The Morgan fingerprint density at radius 3 is 2.86 bits per heavy atom. The van der Waals surface area contributed by atoms with E-state index in [1.165, 1.54) is 4.90 Å². The van der Waals surface area contributed by atoms with Gasteiger partial charge in [0, 0.05) is 25.8 Å². The highest BCUT2D eigenvalue weighted by Crippen LogP contribution is 2.19. The molecule has 1 aliphatic heterocycles. The third kappa shape index (κ3) is 5.07. The van der Waals surface area contributed by atoms with Crippen LogP contribution in [0.5, 0.6) is 0 Å². The van der Waals surface area contributed by atoms with E-state index in [0.717, 1.165) is 5.56 Å². The second-order valence-electron chi connectivity index (χ2n) is 6.60. The van der Waals surface area contributed by atoms with E-state index in [-0.39, 0.29) is 25.5 Å². The Hall–Kier alpha value is -2.94. The van der Waals surface area contributed by atoms with Crippen LogP contribution in [0, 0.1) is 0 Å². The number of hydrogen-bond acceptors (Lipinski definition) is 7. The third-order valence-electron chi connectivity index (χ3n) is 4.48. The standard InChI is InChI=1S/C19H24N4O5/c1-2-17-21-16(22-28-17)8-9-20-18(25)15-10-14(24)11-23(15)19(26)27-12-13-6-4-3-5-7-13/h3-7,14-15,24H,2,8-12H2,1H3,(H,20,25)/t14-,15+/m1/s1. The molecule has 2 heterocycles. The van der Waals surface area contributed by atoms with Crippen LogP contribution >= 0.6 is 0 Å². The van der Waals surface area contributed by atoms with Crippen molar-refractivity contribution in [3.05, 3.63) is 47.6 Å². The number of ether oxygens (including phenoxy) is 1. The van der Waals surface area contributed by atoms with Crippen LogP contribution in [0.1, 0.15) is 30.6 Å². The number of β-amino-alcohol motifs (C(OH)–C–C–N with tert-alkyl or cyclic N) is 1. The maximum Gasteiger partial charge on any atom is 0.410 e. The average Bonchev–Trinajstić information content (AvgIpc) is 3.33. The van der Waals surface area contributed by atoms with Crippen LogP contribution in [-0.2, 0) is 29.0 Å². The summed E-state index contributed by atoms with van der Waals surface area (Å²) in [6, 6.07) is 8.50. The fourth-order valence-electron chi connectivity index (χ4n) is 3.02. The summed E-state index contributed by atoms with van der Waals surface area (Å²) >= 11 is 0. The van der Waals surface area contributed by atoms with Gasteiger partial charge in [-0.05, 0) is 5.56 Å². The molecule has 3 rings (SSSR count). The van der Waals surface area contributed by atoms with Gasteiger partial charge in [0.15, 0.2) is 5.82 Å². The lowest BCUT2D eigenvalue weighted by Gasteiger charge is -2.23. The fraction of sp³-hybridized carbons (Fsp3) is 0.474. The number of hydrogen-bond donors (Lipinski definition) is 2. The number of amides is 2. The second kappa shape index (κ2) is 9.32. The molecule has 1 aromatic carbocycles. The van der Waals surface area contributed by atoms with Crippen molar-refractivity contribution in [1.82, 2.24) is 20.4 Å². The molecule has 0 bridgehead atoms. The molecule has 1 saturated heterocycles. The van der Waals surface area contributed by atoms with Crippen molar-refractivity contribution in [1.29, 1.82) is 0 Å². The molecule has 9 heteroatoms. The summed E-state index contributed by atoms with van der Waals surface area (Å²) in [5.74, 6) is 0.725. The van der Waals surface area contributed by atoms with Crippen LogP contribution in [0.2, 0.25) is 0 Å². The van der Waals surface area contributed by atoms with Gasteiger partial charge in [0.25, 0.3) is 0 Å². The summed E-state index contributed by atoms with van der Waals surface area (Å²) in [5.41, 5.74) is 0.850. The van der Waals surface area contributed by atoms with Gasteiger partial charge in [0.05, 0.1) is 12.6 Å². The number of carbonyl (C=O) groups excluding carboxylic acids is 2. The number of aromatic nitrogens is 2. The van der Waals surface area contributed by atoms with Crippen LogP contribution in [0.4, 0.5) is 4.79 Å². The lowest BCUT2D eigenvalue weighted by Crippen LogP contribution is -2.46. The van der Waals surface area contributed by atoms with Crippen molar-refractivity contribution in [2.75, 3.05) is 13.1 Å². The molecule has 2 N–H and O–H groups in total. The first-order chi connectivity index (χ1) is 13.6. The Labute approximate surface area is 162 Å². The Balaban J connectivity index is 1.50. The van der Waals surface area contributed by atoms with E-state index in [4.69, 9.17) is 9.26 Å². The third-order valence-corrected chi connectivity index (χ3v) is 4.48. The highest BCUT2D eigenvalue weighted by Gasteiger charge is 2.39. The molecule has 2 atom stereocenters. The van der Waals surface area contributed by atoms with Gasteiger partial charge < -0.3 is 19.7 Å². The van der Waals surface area contributed by atoms with Gasteiger partial charge in [-0.25, -0.2) is 4.79 Å². The molecule has 0 spiro atoms. The van der Waals surface area contributed by atoms with Crippen molar-refractivity contribution in [3.63, 3.8) is 0 Å². The van der Waals surface area contributed by atoms with E-state index >= 15 is 0 Å². The van der Waals surface area contributed by atoms with Crippen LogP contribution in [0.25, 0.3) is 0 Å². The van der Waals surface area contributed by atoms with Crippen LogP contribution < -0.4 is 5.32 Å². The van der Waals surface area contributed by atoms with E-state index in [2.05, 4.69) is 15.5 Å². The lowest BCUT2D eigenvalue weighted by atomic mass is 10.2. The lowest BCUT2D eigenvalue weighted by molar-refractivity contribution is -0.125. The molecule has 1 aromatic heterocycles. The highest BCUT2D eigenvalue weighted by molar-refractivity contribution is 5.86. The molecule has 2 amide bonds. The van der Waals surface area contributed by atoms with E-state index in [9.17, 15) is 14.7 Å². The van der Waals surface area contributed by atoms with E-state index < -0.39 is 18.2 Å².